The molecule has 0 aliphatic rings. The molecule has 0 amide bonds. The summed E-state index contributed by atoms with van der Waals surface area (Å²) in [5, 5.41) is 9.07. The average Bonchev–Trinajstić information content (AvgIpc) is 2.71. The van der Waals surface area contributed by atoms with E-state index in [1.54, 1.807) is 6.08 Å². The number of hydrogen-bond donors (Lipinski definition) is 2. The van der Waals surface area contributed by atoms with E-state index >= 15 is 0 Å². The molecule has 0 aliphatic heterocycles. The minimum Gasteiger partial charge on any atom is -0.353 e. The molecule has 0 atom stereocenters. The Balaban J connectivity index is 2.75. The molecule has 0 spiro atoms. The monoisotopic (exact) mass is 275 g/mol. The van der Waals surface area contributed by atoms with Crippen molar-refractivity contribution >= 4 is 5.96 Å². The Morgan fingerprint density at radius 3 is 2.74 bits per heavy atom. The number of alkyl halides is 3. The van der Waals surface area contributed by atoms with E-state index in [1.807, 2.05) is 0 Å². The highest BCUT2D eigenvalue weighted by Gasteiger charge is 2.36. The van der Waals surface area contributed by atoms with Gasteiger partial charge in [0.2, 0.25) is 0 Å². The number of nitrogens with one attached hydrogen (secondary N) is 2. The highest BCUT2D eigenvalue weighted by molar-refractivity contribution is 5.79. The molecule has 106 valence electrons. The van der Waals surface area contributed by atoms with Crippen molar-refractivity contribution in [3.63, 3.8) is 0 Å². The third-order valence-electron chi connectivity index (χ3n) is 2.26. The van der Waals surface area contributed by atoms with Gasteiger partial charge in [-0.1, -0.05) is 6.08 Å². The maximum Gasteiger partial charge on any atom is 0.435 e. The van der Waals surface area contributed by atoms with Gasteiger partial charge in [-0.05, 0) is 0 Å². The molecule has 0 aromatic carbocycles. The molecule has 1 aromatic heterocycles. The van der Waals surface area contributed by atoms with Gasteiger partial charge in [-0.2, -0.15) is 18.3 Å². The molecule has 8 heteroatoms. The van der Waals surface area contributed by atoms with E-state index < -0.39 is 11.9 Å². The summed E-state index contributed by atoms with van der Waals surface area (Å²) in [7, 11) is 2.98. The third kappa shape index (κ3) is 4.31. The number of aliphatic imine (C=N–C) groups is 1. The normalized spacial score (nSPS) is 12.4. The first-order valence-corrected chi connectivity index (χ1v) is 5.53. The quantitative estimate of drug-likeness (QED) is 0.494. The van der Waals surface area contributed by atoms with Crippen LogP contribution in [-0.2, 0) is 19.8 Å². The van der Waals surface area contributed by atoms with Crippen LogP contribution in [0.3, 0.4) is 0 Å². The van der Waals surface area contributed by atoms with Crippen LogP contribution in [0, 0.1) is 0 Å². The largest absolute Gasteiger partial charge is 0.435 e. The molecule has 1 heterocycles. The lowest BCUT2D eigenvalue weighted by Crippen LogP contribution is -2.37. The summed E-state index contributed by atoms with van der Waals surface area (Å²) >= 11 is 0. The van der Waals surface area contributed by atoms with E-state index in [-0.39, 0.29) is 12.1 Å². The molecule has 2 N–H and O–H groups in total. The smallest absolute Gasteiger partial charge is 0.353 e. The summed E-state index contributed by atoms with van der Waals surface area (Å²) in [6.45, 7) is 3.98. The number of halogens is 3. The highest BCUT2D eigenvalue weighted by Crippen LogP contribution is 2.30. The minimum atomic E-state index is -4.46. The molecule has 0 fully saturated rings. The topological polar surface area (TPSA) is 54.2 Å². The fraction of sp³-hybridized carbons (Fsp3) is 0.455. The summed E-state index contributed by atoms with van der Waals surface area (Å²) in [5.41, 5.74) is -0.821. The molecule has 0 aliphatic carbocycles. The van der Waals surface area contributed by atoms with Crippen LogP contribution in [-0.4, -0.2) is 29.3 Å². The molecular weight excluding hydrogens is 259 g/mol. The van der Waals surface area contributed by atoms with Crippen molar-refractivity contribution in [1.29, 1.82) is 0 Å². The fourth-order valence-corrected chi connectivity index (χ4v) is 1.47. The zero-order valence-corrected chi connectivity index (χ0v) is 10.8. The van der Waals surface area contributed by atoms with Crippen LogP contribution in [0.25, 0.3) is 0 Å². The van der Waals surface area contributed by atoms with E-state index in [4.69, 9.17) is 0 Å². The number of aryl methyl sites for hydroxylation is 1. The van der Waals surface area contributed by atoms with E-state index in [2.05, 4.69) is 27.3 Å². The van der Waals surface area contributed by atoms with Crippen molar-refractivity contribution in [1.82, 2.24) is 20.4 Å². The van der Waals surface area contributed by atoms with Crippen LogP contribution in [0.4, 0.5) is 13.2 Å². The van der Waals surface area contributed by atoms with Crippen molar-refractivity contribution in [3.8, 4) is 0 Å². The molecular formula is C11H16F3N5. The van der Waals surface area contributed by atoms with Gasteiger partial charge in [-0.15, -0.1) is 6.58 Å². The summed E-state index contributed by atoms with van der Waals surface area (Å²) < 4.78 is 39.3. The lowest BCUT2D eigenvalue weighted by atomic mass is 10.2. The van der Waals surface area contributed by atoms with Gasteiger partial charge in [0.25, 0.3) is 0 Å². The Morgan fingerprint density at radius 2 is 2.21 bits per heavy atom. The maximum atomic E-state index is 12.7. The highest BCUT2D eigenvalue weighted by atomic mass is 19.4. The van der Waals surface area contributed by atoms with Crippen LogP contribution in [0.2, 0.25) is 0 Å². The predicted octanol–water partition coefficient (Wildman–Crippen LogP) is 1.29. The first-order chi connectivity index (χ1) is 8.88. The molecule has 19 heavy (non-hydrogen) atoms. The number of hydrogen-bond acceptors (Lipinski definition) is 2. The van der Waals surface area contributed by atoms with Crippen molar-refractivity contribution in [2.45, 2.75) is 12.7 Å². The minimum absolute atomic E-state index is 0.0144. The van der Waals surface area contributed by atoms with Gasteiger partial charge in [0.05, 0.1) is 0 Å². The summed E-state index contributed by atoms with van der Waals surface area (Å²) in [4.78, 5) is 3.88. The fourth-order valence-electron chi connectivity index (χ4n) is 1.47. The van der Waals surface area contributed by atoms with Gasteiger partial charge in [0.15, 0.2) is 11.7 Å². The van der Waals surface area contributed by atoms with Crippen LogP contribution >= 0.6 is 0 Å². The first kappa shape index (κ1) is 15.1. The van der Waals surface area contributed by atoms with E-state index in [9.17, 15) is 13.2 Å². The van der Waals surface area contributed by atoms with E-state index in [0.29, 0.717) is 12.5 Å². The van der Waals surface area contributed by atoms with Crippen LogP contribution in [0.15, 0.2) is 23.8 Å². The molecule has 0 saturated heterocycles. The van der Waals surface area contributed by atoms with Crippen molar-refractivity contribution in [2.24, 2.45) is 12.0 Å². The lowest BCUT2D eigenvalue weighted by Gasteiger charge is -2.11. The zero-order chi connectivity index (χ0) is 14.5. The Bertz CT molecular complexity index is 461. The van der Waals surface area contributed by atoms with Crippen LogP contribution in [0.5, 0.6) is 0 Å². The third-order valence-corrected chi connectivity index (χ3v) is 2.26. The Morgan fingerprint density at radius 1 is 1.53 bits per heavy atom. The van der Waals surface area contributed by atoms with Crippen molar-refractivity contribution in [3.05, 3.63) is 30.1 Å². The summed E-state index contributed by atoms with van der Waals surface area (Å²) in [6, 6.07) is 0. The summed E-state index contributed by atoms with van der Waals surface area (Å²) in [6.07, 6.45) is -1.51. The molecule has 0 saturated carbocycles. The maximum absolute atomic E-state index is 12.7. The predicted molar refractivity (Wildman–Crippen MR) is 66.6 cm³/mol. The standard InChI is InChI=1S/C11H16F3N5/c1-4-5-16-10(15-2)17-6-8-7-19(3)18-9(8)11(12,13)14/h4,7H,1,5-6H2,2-3H3,(H2,15,16,17). The van der Waals surface area contributed by atoms with Gasteiger partial charge in [0.1, 0.15) is 0 Å². The van der Waals surface area contributed by atoms with Crippen LogP contribution in [0.1, 0.15) is 11.3 Å². The Labute approximate surface area is 109 Å². The second-order valence-corrected chi connectivity index (χ2v) is 3.77. The average molecular weight is 275 g/mol. The van der Waals surface area contributed by atoms with Gasteiger partial charge < -0.3 is 10.6 Å². The number of guanidine groups is 1. The zero-order valence-electron chi connectivity index (χ0n) is 10.8. The van der Waals surface area contributed by atoms with Gasteiger partial charge in [-0.3, -0.25) is 9.67 Å². The van der Waals surface area contributed by atoms with Crippen LogP contribution < -0.4 is 10.6 Å². The molecule has 1 aromatic rings. The van der Waals surface area contributed by atoms with Gasteiger partial charge in [0, 0.05) is 38.9 Å². The molecule has 0 radical (unpaired) electrons. The Kier molecular flexibility index (Phi) is 4.96. The number of rotatable bonds is 4. The second-order valence-electron chi connectivity index (χ2n) is 3.77. The van der Waals surface area contributed by atoms with Gasteiger partial charge in [-0.25, -0.2) is 0 Å². The van der Waals surface area contributed by atoms with Crippen molar-refractivity contribution < 1.29 is 13.2 Å². The molecule has 0 unspecified atom stereocenters. The summed E-state index contributed by atoms with van der Waals surface area (Å²) in [5.74, 6) is 0.400. The number of nitrogens with zero attached hydrogens (tertiary/aromatic N) is 3. The van der Waals surface area contributed by atoms with Gasteiger partial charge >= 0.3 is 6.18 Å². The number of aromatic nitrogens is 2. The molecule has 0 bridgehead atoms. The second kappa shape index (κ2) is 6.26. The van der Waals surface area contributed by atoms with Crippen molar-refractivity contribution in [2.75, 3.05) is 13.6 Å². The lowest BCUT2D eigenvalue weighted by molar-refractivity contribution is -0.142. The van der Waals surface area contributed by atoms with E-state index in [0.717, 1.165) is 4.68 Å². The Hall–Kier alpha value is -1.99. The molecule has 1 rings (SSSR count). The van der Waals surface area contributed by atoms with E-state index in [1.165, 1.54) is 20.3 Å². The first-order valence-electron chi connectivity index (χ1n) is 5.53. The SMILES string of the molecule is C=CCNC(=NC)NCc1cn(C)nc1C(F)(F)F. The molecule has 5 nitrogen and oxygen atoms in total.